The van der Waals surface area contributed by atoms with Gasteiger partial charge in [0.1, 0.15) is 0 Å². The fraction of sp³-hybridized carbons (Fsp3) is 0.500. The fourth-order valence-corrected chi connectivity index (χ4v) is 5.15. The Labute approximate surface area is 152 Å². The van der Waals surface area contributed by atoms with E-state index >= 15 is 0 Å². The van der Waals surface area contributed by atoms with Crippen molar-refractivity contribution in [1.82, 2.24) is 9.88 Å². The van der Waals surface area contributed by atoms with Gasteiger partial charge in [-0.15, -0.1) is 11.3 Å². The maximum Gasteiger partial charge on any atom is 0.226 e. The maximum absolute atomic E-state index is 13.3. The third-order valence-electron chi connectivity index (χ3n) is 5.11. The van der Waals surface area contributed by atoms with Gasteiger partial charge in [-0.3, -0.25) is 4.79 Å². The Hall–Kier alpha value is -1.72. The molecule has 0 radical (unpaired) electrons. The molecule has 1 aromatic carbocycles. The fourth-order valence-electron chi connectivity index (χ4n) is 4.00. The van der Waals surface area contributed by atoms with E-state index in [1.165, 1.54) is 4.70 Å². The summed E-state index contributed by atoms with van der Waals surface area (Å²) in [5.74, 6) is 0.432. The number of aromatic nitrogens is 1. The molecule has 0 N–H and O–H groups in total. The summed E-state index contributed by atoms with van der Waals surface area (Å²) in [6, 6.07) is 8.23. The number of carbonyl (C=O) groups is 1. The normalized spacial score (nSPS) is 29.9. The van der Waals surface area contributed by atoms with Crippen LogP contribution in [-0.2, 0) is 9.53 Å². The molecule has 2 heterocycles. The SMILES string of the molecule is C[C@@H]1CN(C(=O)[C@@H]2CC=CC[C@H]2c2nc3ccccc3s2)C[C@H](C)O1. The molecule has 0 unspecified atom stereocenters. The van der Waals surface area contributed by atoms with E-state index < -0.39 is 0 Å². The standard InChI is InChI=1S/C20H24N2O2S/c1-13-11-22(12-14(2)24-13)20(23)16-8-4-3-7-15(16)19-21-17-9-5-6-10-18(17)25-19/h3-6,9-10,13-16H,7-8,11-12H2,1-2H3/t13-,14+,15-,16-/m1/s1. The molecule has 2 aliphatic rings. The van der Waals surface area contributed by atoms with E-state index in [9.17, 15) is 4.79 Å². The Balaban J connectivity index is 1.60. The lowest BCUT2D eigenvalue weighted by atomic mass is 9.82. The van der Waals surface area contributed by atoms with Crippen LogP contribution in [0.5, 0.6) is 0 Å². The highest BCUT2D eigenvalue weighted by atomic mass is 32.1. The zero-order valence-electron chi connectivity index (χ0n) is 14.7. The van der Waals surface area contributed by atoms with Gasteiger partial charge >= 0.3 is 0 Å². The molecule has 2 aromatic rings. The second kappa shape index (κ2) is 6.89. The van der Waals surface area contributed by atoms with Crippen LogP contribution in [0.4, 0.5) is 0 Å². The van der Waals surface area contributed by atoms with Gasteiger partial charge in [0.05, 0.1) is 33.4 Å². The molecule has 4 nitrogen and oxygen atoms in total. The van der Waals surface area contributed by atoms with E-state index in [1.807, 2.05) is 30.9 Å². The van der Waals surface area contributed by atoms with E-state index in [4.69, 9.17) is 9.72 Å². The molecule has 25 heavy (non-hydrogen) atoms. The van der Waals surface area contributed by atoms with Gasteiger partial charge in [-0.2, -0.15) is 0 Å². The van der Waals surface area contributed by atoms with Crippen molar-refractivity contribution < 1.29 is 9.53 Å². The molecule has 4 rings (SSSR count). The number of hydrogen-bond donors (Lipinski definition) is 0. The van der Waals surface area contributed by atoms with Crippen molar-refractivity contribution in [1.29, 1.82) is 0 Å². The number of thiazole rings is 1. The average Bonchev–Trinajstić information content (AvgIpc) is 3.04. The van der Waals surface area contributed by atoms with Crippen molar-refractivity contribution in [3.8, 4) is 0 Å². The van der Waals surface area contributed by atoms with Crippen LogP contribution in [0.1, 0.15) is 37.6 Å². The van der Waals surface area contributed by atoms with Gasteiger partial charge in [0.15, 0.2) is 0 Å². The second-order valence-corrected chi connectivity index (χ2v) is 8.24. The number of rotatable bonds is 2. The minimum atomic E-state index is -0.0111. The molecule has 0 spiro atoms. The molecule has 1 fully saturated rings. The minimum Gasteiger partial charge on any atom is -0.372 e. The van der Waals surface area contributed by atoms with Crippen LogP contribution in [0.3, 0.4) is 0 Å². The van der Waals surface area contributed by atoms with Gasteiger partial charge in [-0.05, 0) is 38.8 Å². The molecule has 1 aliphatic heterocycles. The molecule has 0 saturated carbocycles. The molecule has 5 heteroatoms. The Morgan fingerprint density at radius 1 is 1.16 bits per heavy atom. The summed E-state index contributed by atoms with van der Waals surface area (Å²) in [6.45, 7) is 5.47. The second-order valence-electron chi connectivity index (χ2n) is 7.18. The van der Waals surface area contributed by atoms with E-state index in [1.54, 1.807) is 11.3 Å². The molecule has 1 aliphatic carbocycles. The summed E-state index contributed by atoms with van der Waals surface area (Å²) in [7, 11) is 0. The summed E-state index contributed by atoms with van der Waals surface area (Å²) in [5.41, 5.74) is 1.04. The highest BCUT2D eigenvalue weighted by molar-refractivity contribution is 7.18. The first kappa shape index (κ1) is 16.7. The van der Waals surface area contributed by atoms with Crippen molar-refractivity contribution in [3.05, 3.63) is 41.4 Å². The first-order valence-electron chi connectivity index (χ1n) is 9.06. The number of morpholine rings is 1. The Morgan fingerprint density at radius 2 is 1.88 bits per heavy atom. The van der Waals surface area contributed by atoms with Crippen LogP contribution in [0.25, 0.3) is 10.2 Å². The lowest BCUT2D eigenvalue weighted by molar-refractivity contribution is -0.148. The zero-order valence-corrected chi connectivity index (χ0v) is 15.5. The molecule has 4 atom stereocenters. The van der Waals surface area contributed by atoms with Crippen LogP contribution in [0.15, 0.2) is 36.4 Å². The number of ether oxygens (including phenoxy) is 1. The number of carbonyl (C=O) groups excluding carboxylic acids is 1. The number of para-hydroxylation sites is 1. The quantitative estimate of drug-likeness (QED) is 0.764. The maximum atomic E-state index is 13.3. The van der Waals surface area contributed by atoms with Crippen LogP contribution >= 0.6 is 11.3 Å². The third kappa shape index (κ3) is 3.35. The van der Waals surface area contributed by atoms with Crippen molar-refractivity contribution in [2.75, 3.05) is 13.1 Å². The van der Waals surface area contributed by atoms with Gasteiger partial charge in [0.25, 0.3) is 0 Å². The predicted molar refractivity (Wildman–Crippen MR) is 101 cm³/mol. The van der Waals surface area contributed by atoms with Crippen LogP contribution < -0.4 is 0 Å². The molecule has 132 valence electrons. The summed E-state index contributed by atoms with van der Waals surface area (Å²) < 4.78 is 6.99. The smallest absolute Gasteiger partial charge is 0.226 e. The van der Waals surface area contributed by atoms with Gasteiger partial charge in [-0.25, -0.2) is 4.98 Å². The number of hydrogen-bond acceptors (Lipinski definition) is 4. The Kier molecular flexibility index (Phi) is 4.61. The van der Waals surface area contributed by atoms with Crippen LogP contribution in [-0.4, -0.2) is 41.1 Å². The summed E-state index contributed by atoms with van der Waals surface area (Å²) >= 11 is 1.73. The highest BCUT2D eigenvalue weighted by Gasteiger charge is 2.37. The van der Waals surface area contributed by atoms with Gasteiger partial charge in [-0.1, -0.05) is 24.3 Å². The molecule has 1 saturated heterocycles. The molecule has 1 aromatic heterocycles. The van der Waals surface area contributed by atoms with Crippen molar-refractivity contribution in [2.45, 2.75) is 44.8 Å². The van der Waals surface area contributed by atoms with Crippen LogP contribution in [0, 0.1) is 5.92 Å². The summed E-state index contributed by atoms with van der Waals surface area (Å²) in [5, 5.41) is 1.10. The monoisotopic (exact) mass is 356 g/mol. The lowest BCUT2D eigenvalue weighted by Crippen LogP contribution is -2.50. The zero-order chi connectivity index (χ0) is 17.4. The largest absolute Gasteiger partial charge is 0.372 e. The molecular weight excluding hydrogens is 332 g/mol. The van der Waals surface area contributed by atoms with Gasteiger partial charge in [0.2, 0.25) is 5.91 Å². The number of fused-ring (bicyclic) bond motifs is 1. The number of nitrogens with zero attached hydrogens (tertiary/aromatic N) is 2. The van der Waals surface area contributed by atoms with Crippen molar-refractivity contribution in [2.24, 2.45) is 5.92 Å². The predicted octanol–water partition coefficient (Wildman–Crippen LogP) is 3.98. The minimum absolute atomic E-state index is 0.0111. The molecular formula is C20H24N2O2S. The Bertz CT molecular complexity index is 757. The first-order valence-corrected chi connectivity index (χ1v) is 9.88. The molecule has 0 bridgehead atoms. The highest BCUT2D eigenvalue weighted by Crippen LogP contribution is 2.39. The third-order valence-corrected chi connectivity index (χ3v) is 6.28. The lowest BCUT2D eigenvalue weighted by Gasteiger charge is -2.38. The van der Waals surface area contributed by atoms with Gasteiger partial charge in [0, 0.05) is 19.0 Å². The van der Waals surface area contributed by atoms with E-state index in [0.717, 1.165) is 23.4 Å². The van der Waals surface area contributed by atoms with Crippen molar-refractivity contribution >= 4 is 27.5 Å². The van der Waals surface area contributed by atoms with E-state index in [-0.39, 0.29) is 30.0 Å². The summed E-state index contributed by atoms with van der Waals surface area (Å²) in [4.78, 5) is 20.1. The van der Waals surface area contributed by atoms with Gasteiger partial charge < -0.3 is 9.64 Å². The van der Waals surface area contributed by atoms with Crippen LogP contribution in [0.2, 0.25) is 0 Å². The number of benzene rings is 1. The van der Waals surface area contributed by atoms with E-state index in [2.05, 4.69) is 24.3 Å². The number of allylic oxidation sites excluding steroid dienone is 2. The average molecular weight is 356 g/mol. The molecule has 1 amide bonds. The number of amides is 1. The topological polar surface area (TPSA) is 42.4 Å². The first-order chi connectivity index (χ1) is 12.1. The van der Waals surface area contributed by atoms with E-state index in [0.29, 0.717) is 13.1 Å². The van der Waals surface area contributed by atoms with Crippen molar-refractivity contribution in [3.63, 3.8) is 0 Å². The summed E-state index contributed by atoms with van der Waals surface area (Å²) in [6.07, 6.45) is 6.26. The Morgan fingerprint density at radius 3 is 2.64 bits per heavy atom.